The number of aromatic nitrogens is 1. The Morgan fingerprint density at radius 1 is 1.18 bits per heavy atom. The molecule has 0 atom stereocenters. The Labute approximate surface area is 126 Å². The van der Waals surface area contributed by atoms with Crippen LogP contribution in [-0.2, 0) is 6.54 Å². The summed E-state index contributed by atoms with van der Waals surface area (Å²) in [6.45, 7) is 0.346. The summed E-state index contributed by atoms with van der Waals surface area (Å²) < 4.78 is 20.2. The van der Waals surface area contributed by atoms with E-state index in [1.807, 2.05) is 24.3 Å². The number of aromatic carboxylic acids is 1. The van der Waals surface area contributed by atoms with Crippen LogP contribution in [-0.4, -0.2) is 22.8 Å². The zero-order chi connectivity index (χ0) is 15.7. The number of hydrogen-bond acceptors (Lipinski definition) is 2. The van der Waals surface area contributed by atoms with Crippen molar-refractivity contribution >= 4 is 16.9 Å². The van der Waals surface area contributed by atoms with Gasteiger partial charge in [0.25, 0.3) is 0 Å². The van der Waals surface area contributed by atoms with Crippen molar-refractivity contribution in [3.05, 3.63) is 65.6 Å². The van der Waals surface area contributed by atoms with Gasteiger partial charge in [0.15, 0.2) is 0 Å². The van der Waals surface area contributed by atoms with E-state index in [2.05, 4.69) is 0 Å². The first-order valence-corrected chi connectivity index (χ1v) is 6.73. The van der Waals surface area contributed by atoms with Gasteiger partial charge in [-0.2, -0.15) is 0 Å². The number of benzene rings is 2. The van der Waals surface area contributed by atoms with Crippen LogP contribution in [0.2, 0.25) is 0 Å². The van der Waals surface area contributed by atoms with Crippen molar-refractivity contribution in [1.82, 2.24) is 4.57 Å². The third-order valence-corrected chi connectivity index (χ3v) is 3.59. The van der Waals surface area contributed by atoms with E-state index < -0.39 is 11.8 Å². The van der Waals surface area contributed by atoms with Gasteiger partial charge in [-0.05, 0) is 42.0 Å². The van der Waals surface area contributed by atoms with Gasteiger partial charge in [-0.3, -0.25) is 0 Å². The van der Waals surface area contributed by atoms with E-state index >= 15 is 0 Å². The molecule has 0 aliphatic carbocycles. The minimum Gasteiger partial charge on any atom is -0.497 e. The standard InChI is InChI=1S/C17H14FNO3/c1-22-14-6-2-11(3-7-14)10-19-15-9-13(18)5-4-12(15)8-16(19)17(20)21/h2-9H,10H2,1H3,(H,20,21). The van der Waals surface area contributed by atoms with E-state index in [-0.39, 0.29) is 5.69 Å². The Balaban J connectivity index is 2.08. The maximum Gasteiger partial charge on any atom is 0.352 e. The van der Waals surface area contributed by atoms with Gasteiger partial charge in [-0.15, -0.1) is 0 Å². The summed E-state index contributed by atoms with van der Waals surface area (Å²) in [5, 5.41) is 10.1. The lowest BCUT2D eigenvalue weighted by Crippen LogP contribution is -2.09. The Morgan fingerprint density at radius 3 is 2.55 bits per heavy atom. The van der Waals surface area contributed by atoms with Gasteiger partial charge < -0.3 is 14.4 Å². The molecule has 0 unspecified atom stereocenters. The number of nitrogens with zero attached hydrogens (tertiary/aromatic N) is 1. The minimum absolute atomic E-state index is 0.136. The second-order valence-corrected chi connectivity index (χ2v) is 4.97. The normalized spacial score (nSPS) is 10.8. The van der Waals surface area contributed by atoms with E-state index in [0.29, 0.717) is 17.4 Å². The summed E-state index contributed by atoms with van der Waals surface area (Å²) in [4.78, 5) is 11.4. The summed E-state index contributed by atoms with van der Waals surface area (Å²) in [7, 11) is 1.58. The van der Waals surface area contributed by atoms with Gasteiger partial charge in [0.2, 0.25) is 0 Å². The van der Waals surface area contributed by atoms with Gasteiger partial charge in [0, 0.05) is 11.9 Å². The molecule has 0 fully saturated rings. The minimum atomic E-state index is -1.04. The predicted molar refractivity (Wildman–Crippen MR) is 81.0 cm³/mol. The van der Waals surface area contributed by atoms with Crippen molar-refractivity contribution in [1.29, 1.82) is 0 Å². The van der Waals surface area contributed by atoms with Crippen LogP contribution >= 0.6 is 0 Å². The number of hydrogen-bond donors (Lipinski definition) is 1. The van der Waals surface area contributed by atoms with E-state index in [0.717, 1.165) is 11.3 Å². The zero-order valence-corrected chi connectivity index (χ0v) is 11.9. The molecular formula is C17H14FNO3. The van der Waals surface area contributed by atoms with Crippen LogP contribution in [0, 0.1) is 5.82 Å². The highest BCUT2D eigenvalue weighted by Gasteiger charge is 2.15. The molecule has 0 spiro atoms. The van der Waals surface area contributed by atoms with Gasteiger partial charge in [-0.25, -0.2) is 9.18 Å². The highest BCUT2D eigenvalue weighted by atomic mass is 19.1. The molecule has 1 N–H and O–H groups in total. The van der Waals surface area contributed by atoms with Crippen LogP contribution in [0.5, 0.6) is 5.75 Å². The molecule has 5 heteroatoms. The Bertz CT molecular complexity index is 837. The number of carboxylic acids is 1. The Morgan fingerprint density at radius 2 is 1.91 bits per heavy atom. The van der Waals surface area contributed by atoms with Crippen molar-refractivity contribution < 1.29 is 19.0 Å². The van der Waals surface area contributed by atoms with Gasteiger partial charge >= 0.3 is 5.97 Å². The first-order chi connectivity index (χ1) is 10.6. The molecule has 2 aromatic carbocycles. The van der Waals surface area contributed by atoms with Gasteiger partial charge in [0.1, 0.15) is 17.3 Å². The monoisotopic (exact) mass is 299 g/mol. The molecule has 22 heavy (non-hydrogen) atoms. The number of carbonyl (C=O) groups is 1. The third kappa shape index (κ3) is 2.53. The molecule has 0 aliphatic heterocycles. The van der Waals surface area contributed by atoms with E-state index in [1.54, 1.807) is 23.8 Å². The first kappa shape index (κ1) is 14.1. The summed E-state index contributed by atoms with van der Waals surface area (Å²) in [6.07, 6.45) is 0. The fourth-order valence-electron chi connectivity index (χ4n) is 2.49. The molecule has 112 valence electrons. The van der Waals surface area contributed by atoms with Crippen molar-refractivity contribution in [3.63, 3.8) is 0 Å². The second-order valence-electron chi connectivity index (χ2n) is 4.97. The predicted octanol–water partition coefficient (Wildman–Crippen LogP) is 3.54. The summed E-state index contributed by atoms with van der Waals surface area (Å²) in [5.74, 6) is -0.700. The zero-order valence-electron chi connectivity index (χ0n) is 11.9. The number of ether oxygens (including phenoxy) is 1. The third-order valence-electron chi connectivity index (χ3n) is 3.59. The van der Waals surface area contributed by atoms with E-state index in [1.165, 1.54) is 12.1 Å². The van der Waals surface area contributed by atoms with Crippen molar-refractivity contribution in [2.45, 2.75) is 6.54 Å². The molecule has 0 amide bonds. The Hall–Kier alpha value is -2.82. The second kappa shape index (κ2) is 5.52. The average molecular weight is 299 g/mol. The van der Waals surface area contributed by atoms with Crippen LogP contribution in [0.15, 0.2) is 48.5 Å². The van der Waals surface area contributed by atoms with Crippen molar-refractivity contribution in [2.24, 2.45) is 0 Å². The smallest absolute Gasteiger partial charge is 0.352 e. The largest absolute Gasteiger partial charge is 0.497 e. The maximum atomic E-state index is 13.5. The molecule has 0 saturated heterocycles. The van der Waals surface area contributed by atoms with Gasteiger partial charge in [0.05, 0.1) is 12.6 Å². The highest BCUT2D eigenvalue weighted by molar-refractivity contribution is 5.94. The van der Waals surface area contributed by atoms with E-state index in [9.17, 15) is 14.3 Å². The molecule has 1 heterocycles. The lowest BCUT2D eigenvalue weighted by Gasteiger charge is -2.09. The lowest BCUT2D eigenvalue weighted by atomic mass is 10.2. The Kier molecular flexibility index (Phi) is 3.55. The molecule has 4 nitrogen and oxygen atoms in total. The van der Waals surface area contributed by atoms with E-state index in [4.69, 9.17) is 4.74 Å². The molecule has 1 aromatic heterocycles. The van der Waals surface area contributed by atoms with Crippen LogP contribution < -0.4 is 4.74 Å². The fraction of sp³-hybridized carbons (Fsp3) is 0.118. The number of carboxylic acid groups (broad SMARTS) is 1. The summed E-state index contributed by atoms with van der Waals surface area (Å²) in [5.41, 5.74) is 1.61. The first-order valence-electron chi connectivity index (χ1n) is 6.73. The topological polar surface area (TPSA) is 51.5 Å². The maximum absolute atomic E-state index is 13.5. The molecule has 0 aliphatic rings. The number of fused-ring (bicyclic) bond motifs is 1. The molecule has 0 saturated carbocycles. The molecule has 3 aromatic rings. The van der Waals surface area contributed by atoms with Gasteiger partial charge in [-0.1, -0.05) is 12.1 Å². The van der Waals surface area contributed by atoms with Crippen molar-refractivity contribution in [2.75, 3.05) is 7.11 Å². The highest BCUT2D eigenvalue weighted by Crippen LogP contribution is 2.23. The molecule has 0 bridgehead atoms. The fourth-order valence-corrected chi connectivity index (χ4v) is 2.49. The molecule has 0 radical (unpaired) electrons. The van der Waals surface area contributed by atoms with Crippen LogP contribution in [0.4, 0.5) is 4.39 Å². The van der Waals surface area contributed by atoms with Crippen molar-refractivity contribution in [3.8, 4) is 5.75 Å². The number of rotatable bonds is 4. The van der Waals surface area contributed by atoms with Crippen LogP contribution in [0.3, 0.4) is 0 Å². The number of methoxy groups -OCH3 is 1. The molecule has 3 rings (SSSR count). The summed E-state index contributed by atoms with van der Waals surface area (Å²) >= 11 is 0. The SMILES string of the molecule is COc1ccc(Cn2c(C(=O)O)cc3ccc(F)cc32)cc1. The van der Waals surface area contributed by atoms with Crippen LogP contribution in [0.25, 0.3) is 10.9 Å². The summed E-state index contributed by atoms with van der Waals surface area (Å²) in [6, 6.07) is 13.1. The lowest BCUT2D eigenvalue weighted by molar-refractivity contribution is 0.0686. The quantitative estimate of drug-likeness (QED) is 0.801. The molecular weight excluding hydrogens is 285 g/mol. The number of halogens is 1. The average Bonchev–Trinajstić information content (AvgIpc) is 2.86. The van der Waals surface area contributed by atoms with Crippen LogP contribution in [0.1, 0.15) is 16.1 Å².